The van der Waals surface area contributed by atoms with E-state index in [1.54, 1.807) is 11.3 Å². The molecular formula is C15H15IOS. The first-order chi connectivity index (χ1) is 8.83. The van der Waals surface area contributed by atoms with Crippen LogP contribution in [0, 0.1) is 15.4 Å². The zero-order chi connectivity index (χ0) is 12.8. The standard InChI is InChI=1S/C15H15IOS/c16-15-12-8-5-6-9-13(12)18-14(15)10-4-2-1-3-7-11-17/h5-6,8-9,17H,1-3,7,11H2. The fourth-order valence-corrected chi connectivity index (χ4v) is 3.83. The van der Waals surface area contributed by atoms with E-state index >= 15 is 0 Å². The third-order valence-corrected chi connectivity index (χ3v) is 5.27. The molecule has 1 aromatic carbocycles. The summed E-state index contributed by atoms with van der Waals surface area (Å²) in [5.74, 6) is 6.51. The van der Waals surface area contributed by atoms with Crippen LogP contribution in [0.5, 0.6) is 0 Å². The molecule has 0 bridgehead atoms. The zero-order valence-electron chi connectivity index (χ0n) is 10.1. The summed E-state index contributed by atoms with van der Waals surface area (Å²) in [4.78, 5) is 1.18. The molecule has 94 valence electrons. The Bertz CT molecular complexity index is 577. The smallest absolute Gasteiger partial charge is 0.0914 e. The molecule has 0 aliphatic carbocycles. The average Bonchev–Trinajstić information content (AvgIpc) is 2.71. The third kappa shape index (κ3) is 3.47. The van der Waals surface area contributed by atoms with Crippen LogP contribution in [0.15, 0.2) is 24.3 Å². The zero-order valence-corrected chi connectivity index (χ0v) is 13.1. The van der Waals surface area contributed by atoms with E-state index in [1.807, 2.05) is 0 Å². The largest absolute Gasteiger partial charge is 0.396 e. The van der Waals surface area contributed by atoms with Crippen LogP contribution in [0.2, 0.25) is 0 Å². The van der Waals surface area contributed by atoms with E-state index in [-0.39, 0.29) is 0 Å². The molecule has 1 heterocycles. The monoisotopic (exact) mass is 370 g/mol. The number of halogens is 1. The highest BCUT2D eigenvalue weighted by atomic mass is 127. The number of aliphatic hydroxyl groups is 1. The predicted molar refractivity (Wildman–Crippen MR) is 87.0 cm³/mol. The molecule has 0 saturated carbocycles. The van der Waals surface area contributed by atoms with Gasteiger partial charge in [0.05, 0.1) is 4.88 Å². The molecule has 0 amide bonds. The van der Waals surface area contributed by atoms with Gasteiger partial charge in [0.15, 0.2) is 0 Å². The highest BCUT2D eigenvalue weighted by Gasteiger charge is 2.06. The number of hydrogen-bond acceptors (Lipinski definition) is 2. The number of benzene rings is 1. The Morgan fingerprint density at radius 3 is 2.78 bits per heavy atom. The molecule has 18 heavy (non-hydrogen) atoms. The first-order valence-corrected chi connectivity index (χ1v) is 7.99. The van der Waals surface area contributed by atoms with E-state index in [1.165, 1.54) is 18.5 Å². The Balaban J connectivity index is 2.03. The van der Waals surface area contributed by atoms with Crippen LogP contribution in [0.25, 0.3) is 10.1 Å². The summed E-state index contributed by atoms with van der Waals surface area (Å²) in [6.07, 6.45) is 3.95. The van der Waals surface area contributed by atoms with Gasteiger partial charge >= 0.3 is 0 Å². The van der Waals surface area contributed by atoms with Gasteiger partial charge in [-0.05, 0) is 41.5 Å². The van der Waals surface area contributed by atoms with E-state index in [4.69, 9.17) is 5.11 Å². The summed E-state index contributed by atoms with van der Waals surface area (Å²) in [6.45, 7) is 0.293. The molecule has 0 unspecified atom stereocenters. The molecule has 1 nitrogen and oxygen atoms in total. The summed E-state index contributed by atoms with van der Waals surface area (Å²) in [6, 6.07) is 8.44. The Labute approximate surface area is 125 Å². The van der Waals surface area contributed by atoms with Crippen molar-refractivity contribution >= 4 is 44.0 Å². The van der Waals surface area contributed by atoms with Gasteiger partial charge in [-0.3, -0.25) is 0 Å². The van der Waals surface area contributed by atoms with E-state index in [9.17, 15) is 0 Å². The summed E-state index contributed by atoms with van der Waals surface area (Å²) in [5.41, 5.74) is 0. The highest BCUT2D eigenvalue weighted by molar-refractivity contribution is 14.1. The summed E-state index contributed by atoms with van der Waals surface area (Å²) in [5, 5.41) is 10.00. The molecular weight excluding hydrogens is 355 g/mol. The van der Waals surface area contributed by atoms with E-state index in [0.717, 1.165) is 25.7 Å². The number of thiophene rings is 1. The minimum absolute atomic E-state index is 0.293. The number of unbranched alkanes of at least 4 members (excludes halogenated alkanes) is 3. The SMILES string of the molecule is OCCCCCC#Cc1sc2ccccc2c1I. The maximum Gasteiger partial charge on any atom is 0.0914 e. The van der Waals surface area contributed by atoms with Gasteiger partial charge in [0, 0.05) is 26.7 Å². The highest BCUT2D eigenvalue weighted by Crippen LogP contribution is 2.31. The van der Waals surface area contributed by atoms with Gasteiger partial charge in [0.1, 0.15) is 0 Å². The van der Waals surface area contributed by atoms with Gasteiger partial charge < -0.3 is 5.11 Å². The van der Waals surface area contributed by atoms with Crippen molar-refractivity contribution in [1.29, 1.82) is 0 Å². The van der Waals surface area contributed by atoms with Crippen LogP contribution < -0.4 is 0 Å². The van der Waals surface area contributed by atoms with Gasteiger partial charge in [-0.15, -0.1) is 11.3 Å². The van der Waals surface area contributed by atoms with Crippen molar-refractivity contribution in [3.05, 3.63) is 32.7 Å². The first kappa shape index (κ1) is 13.9. The lowest BCUT2D eigenvalue weighted by Crippen LogP contribution is -1.81. The van der Waals surface area contributed by atoms with Crippen LogP contribution in [0.1, 0.15) is 30.6 Å². The number of hydrogen-bond donors (Lipinski definition) is 1. The van der Waals surface area contributed by atoms with E-state index in [0.29, 0.717) is 6.61 Å². The fraction of sp³-hybridized carbons (Fsp3) is 0.333. The van der Waals surface area contributed by atoms with Crippen LogP contribution >= 0.6 is 33.9 Å². The minimum atomic E-state index is 0.293. The van der Waals surface area contributed by atoms with Gasteiger partial charge in [-0.2, -0.15) is 0 Å². The first-order valence-electron chi connectivity index (χ1n) is 6.09. The van der Waals surface area contributed by atoms with Gasteiger partial charge in [0.2, 0.25) is 0 Å². The lowest BCUT2D eigenvalue weighted by atomic mass is 10.2. The number of aliphatic hydroxyl groups excluding tert-OH is 1. The van der Waals surface area contributed by atoms with Crippen molar-refractivity contribution in [2.24, 2.45) is 0 Å². The molecule has 0 aliphatic heterocycles. The second kappa shape index (κ2) is 7.13. The number of rotatable bonds is 4. The summed E-state index contributed by atoms with van der Waals surface area (Å²) in [7, 11) is 0. The van der Waals surface area contributed by atoms with E-state index < -0.39 is 0 Å². The Kier molecular flexibility index (Phi) is 5.48. The number of fused-ring (bicyclic) bond motifs is 1. The second-order valence-corrected chi connectivity index (χ2v) is 6.21. The molecule has 3 heteroatoms. The van der Waals surface area contributed by atoms with Crippen molar-refractivity contribution in [3.8, 4) is 11.8 Å². The molecule has 0 saturated heterocycles. The minimum Gasteiger partial charge on any atom is -0.396 e. The maximum absolute atomic E-state index is 8.68. The predicted octanol–water partition coefficient (Wildman–Crippen LogP) is 4.41. The molecule has 0 aliphatic rings. The molecule has 2 rings (SSSR count). The van der Waals surface area contributed by atoms with Crippen molar-refractivity contribution in [2.75, 3.05) is 6.61 Å². The van der Waals surface area contributed by atoms with Gasteiger partial charge in [-0.25, -0.2) is 0 Å². The van der Waals surface area contributed by atoms with Crippen molar-refractivity contribution in [1.82, 2.24) is 0 Å². The Hall–Kier alpha value is -0.570. The summed E-state index contributed by atoms with van der Waals surface area (Å²) < 4.78 is 2.59. The van der Waals surface area contributed by atoms with Crippen molar-refractivity contribution < 1.29 is 5.11 Å². The maximum atomic E-state index is 8.68. The molecule has 0 fully saturated rings. The molecule has 0 spiro atoms. The van der Waals surface area contributed by atoms with Crippen LogP contribution in [0.3, 0.4) is 0 Å². The molecule has 1 aromatic heterocycles. The van der Waals surface area contributed by atoms with Gasteiger partial charge in [0.25, 0.3) is 0 Å². The second-order valence-electron chi connectivity index (χ2n) is 4.08. The molecule has 0 radical (unpaired) electrons. The fourth-order valence-electron chi connectivity index (χ4n) is 1.74. The molecule has 0 atom stereocenters. The quantitative estimate of drug-likeness (QED) is 0.480. The van der Waals surface area contributed by atoms with E-state index in [2.05, 4.69) is 58.7 Å². The van der Waals surface area contributed by atoms with Crippen LogP contribution in [-0.4, -0.2) is 11.7 Å². The normalized spacial score (nSPS) is 10.3. The molecule has 2 aromatic rings. The summed E-state index contributed by atoms with van der Waals surface area (Å²) >= 11 is 4.15. The third-order valence-electron chi connectivity index (χ3n) is 2.70. The van der Waals surface area contributed by atoms with Crippen LogP contribution in [0.4, 0.5) is 0 Å². The lowest BCUT2D eigenvalue weighted by Gasteiger charge is -1.91. The lowest BCUT2D eigenvalue weighted by molar-refractivity contribution is 0.283. The van der Waals surface area contributed by atoms with Crippen LogP contribution in [-0.2, 0) is 0 Å². The topological polar surface area (TPSA) is 20.2 Å². The Morgan fingerprint density at radius 1 is 1.17 bits per heavy atom. The van der Waals surface area contributed by atoms with Crippen molar-refractivity contribution in [2.45, 2.75) is 25.7 Å². The average molecular weight is 370 g/mol. The molecule has 1 N–H and O–H groups in total. The van der Waals surface area contributed by atoms with Crippen molar-refractivity contribution in [3.63, 3.8) is 0 Å². The van der Waals surface area contributed by atoms with Gasteiger partial charge in [-0.1, -0.05) is 36.5 Å². The Morgan fingerprint density at radius 2 is 2.00 bits per heavy atom.